The van der Waals surface area contributed by atoms with Crippen LogP contribution in [0.15, 0.2) is 48.5 Å². The van der Waals surface area contributed by atoms with Crippen molar-refractivity contribution in [1.29, 1.82) is 5.26 Å². The van der Waals surface area contributed by atoms with Gasteiger partial charge in [-0.25, -0.2) is 0 Å². The number of nitro groups is 1. The number of hydrogen-bond acceptors (Lipinski definition) is 4. The standard InChI is InChI=1S/C17H15N3O2/c1-19(2)16-8-6-13(7-9-16)10-15(12-18)14-4-3-5-17(11-14)20(21)22/h3-11H,1-2H3. The number of benzene rings is 2. The highest BCUT2D eigenvalue weighted by Crippen LogP contribution is 2.23. The van der Waals surface area contributed by atoms with Gasteiger partial charge in [-0.3, -0.25) is 10.1 Å². The molecule has 0 heterocycles. The normalized spacial score (nSPS) is 10.9. The van der Waals surface area contributed by atoms with Gasteiger partial charge in [0.05, 0.1) is 16.6 Å². The molecule has 0 saturated carbocycles. The minimum absolute atomic E-state index is 0.0263. The van der Waals surface area contributed by atoms with E-state index in [9.17, 15) is 15.4 Å². The zero-order chi connectivity index (χ0) is 16.1. The zero-order valence-electron chi connectivity index (χ0n) is 12.4. The molecular formula is C17H15N3O2. The number of hydrogen-bond donors (Lipinski definition) is 0. The van der Waals surface area contributed by atoms with Crippen LogP contribution in [0.5, 0.6) is 0 Å². The van der Waals surface area contributed by atoms with Crippen LogP contribution in [0.2, 0.25) is 0 Å². The Kier molecular flexibility index (Phi) is 4.54. The van der Waals surface area contributed by atoms with Gasteiger partial charge in [-0.05, 0) is 29.3 Å². The maximum Gasteiger partial charge on any atom is 0.270 e. The third kappa shape index (κ3) is 3.49. The first-order valence-electron chi connectivity index (χ1n) is 6.65. The van der Waals surface area contributed by atoms with E-state index in [0.29, 0.717) is 11.1 Å². The van der Waals surface area contributed by atoms with Crippen molar-refractivity contribution >= 4 is 23.0 Å². The molecule has 2 aromatic carbocycles. The summed E-state index contributed by atoms with van der Waals surface area (Å²) < 4.78 is 0. The molecule has 0 unspecified atom stereocenters. The number of anilines is 1. The van der Waals surface area contributed by atoms with Gasteiger partial charge < -0.3 is 4.90 Å². The predicted molar refractivity (Wildman–Crippen MR) is 87.3 cm³/mol. The molecule has 0 bridgehead atoms. The molecule has 5 nitrogen and oxygen atoms in total. The molecule has 22 heavy (non-hydrogen) atoms. The van der Waals surface area contributed by atoms with Gasteiger partial charge in [0.2, 0.25) is 0 Å². The topological polar surface area (TPSA) is 70.2 Å². The summed E-state index contributed by atoms with van der Waals surface area (Å²) in [5.74, 6) is 0. The van der Waals surface area contributed by atoms with Crippen molar-refractivity contribution in [2.45, 2.75) is 0 Å². The summed E-state index contributed by atoms with van der Waals surface area (Å²) in [6.07, 6.45) is 1.72. The summed E-state index contributed by atoms with van der Waals surface area (Å²) in [5.41, 5.74) is 2.83. The lowest BCUT2D eigenvalue weighted by Gasteiger charge is -2.11. The van der Waals surface area contributed by atoms with Crippen LogP contribution in [0, 0.1) is 21.4 Å². The maximum absolute atomic E-state index is 10.8. The lowest BCUT2D eigenvalue weighted by atomic mass is 10.0. The van der Waals surface area contributed by atoms with E-state index in [1.54, 1.807) is 18.2 Å². The quantitative estimate of drug-likeness (QED) is 0.373. The first kappa shape index (κ1) is 15.3. The highest BCUT2D eigenvalue weighted by Gasteiger charge is 2.08. The van der Waals surface area contributed by atoms with Gasteiger partial charge in [0.1, 0.15) is 0 Å². The van der Waals surface area contributed by atoms with E-state index in [0.717, 1.165) is 11.3 Å². The van der Waals surface area contributed by atoms with Crippen molar-refractivity contribution < 1.29 is 4.92 Å². The monoisotopic (exact) mass is 293 g/mol. The van der Waals surface area contributed by atoms with E-state index in [-0.39, 0.29) is 5.69 Å². The fourth-order valence-corrected chi connectivity index (χ4v) is 2.00. The zero-order valence-corrected chi connectivity index (χ0v) is 12.4. The molecule has 0 aliphatic carbocycles. The van der Waals surface area contributed by atoms with E-state index in [1.807, 2.05) is 43.3 Å². The minimum Gasteiger partial charge on any atom is -0.378 e. The first-order valence-corrected chi connectivity index (χ1v) is 6.65. The molecule has 110 valence electrons. The molecule has 2 aromatic rings. The highest BCUT2D eigenvalue weighted by molar-refractivity contribution is 5.90. The summed E-state index contributed by atoms with van der Waals surface area (Å²) >= 11 is 0. The van der Waals surface area contributed by atoms with E-state index in [1.165, 1.54) is 12.1 Å². The molecule has 0 aliphatic heterocycles. The molecule has 0 fully saturated rings. The molecule has 0 spiro atoms. The second-order valence-corrected chi connectivity index (χ2v) is 4.96. The summed E-state index contributed by atoms with van der Waals surface area (Å²) in [6.45, 7) is 0. The third-order valence-electron chi connectivity index (χ3n) is 3.21. The van der Waals surface area contributed by atoms with Crippen LogP contribution < -0.4 is 4.90 Å². The number of rotatable bonds is 4. The lowest BCUT2D eigenvalue weighted by Crippen LogP contribution is -2.07. The van der Waals surface area contributed by atoms with Crippen molar-refractivity contribution in [1.82, 2.24) is 0 Å². The maximum atomic E-state index is 10.8. The Morgan fingerprint density at radius 1 is 1.23 bits per heavy atom. The largest absolute Gasteiger partial charge is 0.378 e. The Morgan fingerprint density at radius 2 is 1.91 bits per heavy atom. The van der Waals surface area contributed by atoms with Gasteiger partial charge in [0, 0.05) is 31.9 Å². The van der Waals surface area contributed by atoms with Crippen molar-refractivity contribution in [2.75, 3.05) is 19.0 Å². The average Bonchev–Trinajstić information content (AvgIpc) is 2.53. The molecule has 0 aliphatic rings. The van der Waals surface area contributed by atoms with Crippen LogP contribution in [-0.4, -0.2) is 19.0 Å². The molecule has 0 amide bonds. The molecule has 0 saturated heterocycles. The molecular weight excluding hydrogens is 278 g/mol. The molecule has 2 rings (SSSR count). The van der Waals surface area contributed by atoms with Crippen LogP contribution >= 0.6 is 0 Å². The van der Waals surface area contributed by atoms with E-state index in [4.69, 9.17) is 0 Å². The first-order chi connectivity index (χ1) is 10.5. The summed E-state index contributed by atoms with van der Waals surface area (Å²) in [6, 6.07) is 15.9. The van der Waals surface area contributed by atoms with Gasteiger partial charge in [-0.2, -0.15) is 5.26 Å². The Bertz CT molecular complexity index is 756. The number of allylic oxidation sites excluding steroid dienone is 1. The fourth-order valence-electron chi connectivity index (χ4n) is 2.00. The van der Waals surface area contributed by atoms with Crippen molar-refractivity contribution in [3.8, 4) is 6.07 Å². The molecule has 5 heteroatoms. The van der Waals surface area contributed by atoms with Crippen molar-refractivity contribution in [3.05, 3.63) is 69.8 Å². The average molecular weight is 293 g/mol. The van der Waals surface area contributed by atoms with Crippen LogP contribution in [0.25, 0.3) is 11.6 Å². The van der Waals surface area contributed by atoms with E-state index < -0.39 is 4.92 Å². The Hall–Kier alpha value is -3.13. The Balaban J connectivity index is 2.37. The van der Waals surface area contributed by atoms with Gasteiger partial charge in [0.15, 0.2) is 0 Å². The van der Waals surface area contributed by atoms with Gasteiger partial charge in [0.25, 0.3) is 5.69 Å². The number of nitrogens with zero attached hydrogens (tertiary/aromatic N) is 3. The van der Waals surface area contributed by atoms with Crippen LogP contribution in [0.3, 0.4) is 0 Å². The number of nitro benzene ring substituents is 1. The molecule has 0 N–H and O–H groups in total. The fraction of sp³-hybridized carbons (Fsp3) is 0.118. The summed E-state index contributed by atoms with van der Waals surface area (Å²) in [7, 11) is 3.91. The predicted octanol–water partition coefficient (Wildman–Crippen LogP) is 3.72. The van der Waals surface area contributed by atoms with E-state index in [2.05, 4.69) is 6.07 Å². The Labute approximate surface area is 128 Å². The molecule has 0 aromatic heterocycles. The van der Waals surface area contributed by atoms with Crippen molar-refractivity contribution in [3.63, 3.8) is 0 Å². The molecule has 0 radical (unpaired) electrons. The van der Waals surface area contributed by atoms with Crippen LogP contribution in [0.4, 0.5) is 11.4 Å². The van der Waals surface area contributed by atoms with Gasteiger partial charge >= 0.3 is 0 Å². The van der Waals surface area contributed by atoms with Gasteiger partial charge in [-0.15, -0.1) is 0 Å². The second kappa shape index (κ2) is 6.55. The van der Waals surface area contributed by atoms with E-state index >= 15 is 0 Å². The van der Waals surface area contributed by atoms with Crippen LogP contribution in [0.1, 0.15) is 11.1 Å². The second-order valence-electron chi connectivity index (χ2n) is 4.96. The van der Waals surface area contributed by atoms with Crippen LogP contribution in [-0.2, 0) is 0 Å². The third-order valence-corrected chi connectivity index (χ3v) is 3.21. The SMILES string of the molecule is CN(C)c1ccc(C=C(C#N)c2cccc([N+](=O)[O-])c2)cc1. The highest BCUT2D eigenvalue weighted by atomic mass is 16.6. The number of nitriles is 1. The minimum atomic E-state index is -0.468. The van der Waals surface area contributed by atoms with Gasteiger partial charge in [-0.1, -0.05) is 24.3 Å². The lowest BCUT2D eigenvalue weighted by molar-refractivity contribution is -0.384. The molecule has 0 atom stereocenters. The van der Waals surface area contributed by atoms with Crippen molar-refractivity contribution in [2.24, 2.45) is 0 Å². The smallest absolute Gasteiger partial charge is 0.270 e. The number of non-ortho nitro benzene ring substituents is 1. The summed E-state index contributed by atoms with van der Waals surface area (Å²) in [4.78, 5) is 12.3. The summed E-state index contributed by atoms with van der Waals surface area (Å²) in [5, 5.41) is 20.1. The Morgan fingerprint density at radius 3 is 2.45 bits per heavy atom.